The van der Waals surface area contributed by atoms with Gasteiger partial charge in [0.1, 0.15) is 12.4 Å². The minimum Gasteiger partial charge on any atom is -0.491 e. The van der Waals surface area contributed by atoms with Crippen LogP contribution in [0.15, 0.2) is 48.6 Å². The van der Waals surface area contributed by atoms with E-state index < -0.39 is 0 Å². The molecule has 0 saturated heterocycles. The third-order valence-electron chi connectivity index (χ3n) is 6.17. The molecule has 0 fully saturated rings. The van der Waals surface area contributed by atoms with Gasteiger partial charge in [-0.3, -0.25) is 4.79 Å². The van der Waals surface area contributed by atoms with Gasteiger partial charge in [-0.25, -0.2) is 4.79 Å². The van der Waals surface area contributed by atoms with Gasteiger partial charge in [-0.05, 0) is 59.7 Å². The molecule has 6 nitrogen and oxygen atoms in total. The third kappa shape index (κ3) is 10.8. The summed E-state index contributed by atoms with van der Waals surface area (Å²) in [5.74, 6) is 0.375. The molecule has 0 N–H and O–H groups in total. The zero-order valence-corrected chi connectivity index (χ0v) is 22.7. The number of esters is 1. The summed E-state index contributed by atoms with van der Waals surface area (Å²) in [6.45, 7) is 9.48. The zero-order valence-electron chi connectivity index (χ0n) is 22.7. The first-order valence-corrected chi connectivity index (χ1v) is 13.2. The molecule has 2 rings (SSSR count). The van der Waals surface area contributed by atoms with Crippen LogP contribution >= 0.6 is 0 Å². The van der Waals surface area contributed by atoms with E-state index in [0.717, 1.165) is 40.8 Å². The van der Waals surface area contributed by atoms with Crippen molar-refractivity contribution in [2.75, 3.05) is 33.5 Å². The van der Waals surface area contributed by atoms with Crippen molar-refractivity contribution < 1.29 is 28.5 Å². The summed E-state index contributed by atoms with van der Waals surface area (Å²) in [5, 5.41) is 0. The van der Waals surface area contributed by atoms with Gasteiger partial charge in [0.15, 0.2) is 0 Å². The highest BCUT2D eigenvalue weighted by atomic mass is 16.5. The van der Waals surface area contributed by atoms with Crippen LogP contribution < -0.4 is 4.74 Å². The highest BCUT2D eigenvalue weighted by Gasteiger charge is 2.13. The number of aryl methyl sites for hydroxylation is 1. The van der Waals surface area contributed by atoms with E-state index in [1.165, 1.54) is 31.2 Å². The van der Waals surface area contributed by atoms with Crippen molar-refractivity contribution in [3.05, 3.63) is 65.2 Å². The molecular weight excluding hydrogens is 468 g/mol. The molecule has 0 spiro atoms. The van der Waals surface area contributed by atoms with Gasteiger partial charge in [0, 0.05) is 25.5 Å². The smallest absolute Gasteiger partial charge is 0.333 e. The molecule has 0 amide bonds. The highest BCUT2D eigenvalue weighted by molar-refractivity contribution is 5.86. The van der Waals surface area contributed by atoms with Crippen molar-refractivity contribution in [3.63, 3.8) is 0 Å². The number of methoxy groups -OCH3 is 1. The maximum absolute atomic E-state index is 11.9. The molecule has 0 radical (unpaired) electrons. The lowest BCUT2D eigenvalue weighted by Crippen LogP contribution is -2.09. The largest absolute Gasteiger partial charge is 0.491 e. The number of ether oxygens (including phenoxy) is 4. The second kappa shape index (κ2) is 17.4. The van der Waals surface area contributed by atoms with Crippen LogP contribution in [0.2, 0.25) is 0 Å². The van der Waals surface area contributed by atoms with Gasteiger partial charge >= 0.3 is 5.97 Å². The average molecular weight is 511 g/mol. The Balaban J connectivity index is 2.30. The van der Waals surface area contributed by atoms with Crippen molar-refractivity contribution >= 4 is 12.4 Å². The Morgan fingerprint density at radius 2 is 1.68 bits per heavy atom. The van der Waals surface area contributed by atoms with E-state index in [2.05, 4.69) is 37.8 Å². The first-order valence-electron chi connectivity index (χ1n) is 13.2. The molecule has 0 aromatic heterocycles. The molecule has 202 valence electrons. The molecule has 2 aromatic rings. The van der Waals surface area contributed by atoms with Gasteiger partial charge in [-0.1, -0.05) is 63.5 Å². The summed E-state index contributed by atoms with van der Waals surface area (Å²) in [5.41, 5.74) is 5.89. The molecule has 0 aliphatic rings. The second-order valence-electron chi connectivity index (χ2n) is 9.20. The van der Waals surface area contributed by atoms with Crippen molar-refractivity contribution in [1.82, 2.24) is 0 Å². The van der Waals surface area contributed by atoms with E-state index in [9.17, 15) is 9.59 Å². The third-order valence-corrected chi connectivity index (χ3v) is 6.17. The summed E-state index contributed by atoms with van der Waals surface area (Å²) in [6.07, 6.45) is 8.36. The molecule has 0 aliphatic heterocycles. The molecule has 0 aliphatic carbocycles. The number of hydrogen-bond acceptors (Lipinski definition) is 6. The Morgan fingerprint density at radius 1 is 0.892 bits per heavy atom. The summed E-state index contributed by atoms with van der Waals surface area (Å²) in [6, 6.07) is 12.7. The summed E-state index contributed by atoms with van der Waals surface area (Å²) < 4.78 is 21.4. The molecule has 0 unspecified atom stereocenters. The topological polar surface area (TPSA) is 71.1 Å². The molecule has 2 aromatic carbocycles. The normalized spacial score (nSPS) is 10.7. The van der Waals surface area contributed by atoms with Crippen LogP contribution in [-0.2, 0) is 43.1 Å². The first-order chi connectivity index (χ1) is 18.0. The number of carbonyl (C=O) groups excluding carboxylic acids is 2. The molecule has 0 bridgehead atoms. The van der Waals surface area contributed by atoms with E-state index in [-0.39, 0.29) is 19.2 Å². The lowest BCUT2D eigenvalue weighted by atomic mass is 9.92. The van der Waals surface area contributed by atoms with Crippen LogP contribution in [0.3, 0.4) is 0 Å². The fourth-order valence-electron chi connectivity index (χ4n) is 4.14. The second-order valence-corrected chi connectivity index (χ2v) is 9.20. The van der Waals surface area contributed by atoms with Crippen LogP contribution in [0, 0.1) is 0 Å². The molecule has 0 heterocycles. The van der Waals surface area contributed by atoms with Gasteiger partial charge in [-0.15, -0.1) is 0 Å². The van der Waals surface area contributed by atoms with Crippen molar-refractivity contribution in [1.29, 1.82) is 0 Å². The minimum atomic E-state index is -0.372. The predicted molar refractivity (Wildman–Crippen MR) is 147 cm³/mol. The summed E-state index contributed by atoms with van der Waals surface area (Å²) >= 11 is 0. The monoisotopic (exact) mass is 510 g/mol. The van der Waals surface area contributed by atoms with Crippen molar-refractivity contribution in [3.8, 4) is 16.9 Å². The summed E-state index contributed by atoms with van der Waals surface area (Å²) in [7, 11) is 1.63. The fraction of sp³-hybridized carbons (Fsp3) is 0.484. The number of hydrogen-bond donors (Lipinski definition) is 0. The number of unbranched alkanes of at least 4 members (excludes halogenated alkanes) is 4. The Morgan fingerprint density at radius 3 is 2.41 bits per heavy atom. The van der Waals surface area contributed by atoms with Crippen LogP contribution in [0.25, 0.3) is 11.1 Å². The highest BCUT2D eigenvalue weighted by Crippen LogP contribution is 2.31. The summed E-state index contributed by atoms with van der Waals surface area (Å²) in [4.78, 5) is 22.6. The number of rotatable bonds is 19. The van der Waals surface area contributed by atoms with E-state index in [1.807, 2.05) is 12.1 Å². The molecular formula is C31H42O6. The van der Waals surface area contributed by atoms with E-state index in [4.69, 9.17) is 18.9 Å². The van der Waals surface area contributed by atoms with Crippen molar-refractivity contribution in [2.24, 2.45) is 0 Å². The van der Waals surface area contributed by atoms with Gasteiger partial charge in [0.2, 0.25) is 0 Å². The number of carbonyl (C=O) groups is 2. The van der Waals surface area contributed by atoms with Gasteiger partial charge in [0.25, 0.3) is 6.47 Å². The predicted octanol–water partition coefficient (Wildman–Crippen LogP) is 6.27. The van der Waals surface area contributed by atoms with E-state index in [1.54, 1.807) is 14.0 Å². The Kier molecular flexibility index (Phi) is 14.1. The van der Waals surface area contributed by atoms with Crippen LogP contribution in [0.1, 0.15) is 62.6 Å². The number of benzene rings is 2. The average Bonchev–Trinajstić information content (AvgIpc) is 2.89. The van der Waals surface area contributed by atoms with Gasteiger partial charge < -0.3 is 18.9 Å². The lowest BCUT2D eigenvalue weighted by Gasteiger charge is -2.16. The Labute approximate surface area is 222 Å². The quantitative estimate of drug-likeness (QED) is 0.0960. The van der Waals surface area contributed by atoms with E-state index >= 15 is 0 Å². The lowest BCUT2D eigenvalue weighted by molar-refractivity contribution is -0.138. The first kappa shape index (κ1) is 30.1. The molecule has 37 heavy (non-hydrogen) atoms. The van der Waals surface area contributed by atoms with E-state index in [0.29, 0.717) is 38.1 Å². The fourth-order valence-corrected chi connectivity index (χ4v) is 4.14. The standard InChI is InChI=1S/C31H42O6/c1-5-6-7-8-9-10-25-11-13-29(27(21-25)16-18-37-31(33)24(2)3)26-12-14-30(36-20-19-34-4)28(22-26)15-17-35-23-32/h11-14,21-23H,2,5-10,15-20H2,1,3-4H3. The zero-order chi connectivity index (χ0) is 26.9. The molecule has 0 atom stereocenters. The van der Waals surface area contributed by atoms with Crippen LogP contribution in [-0.4, -0.2) is 46.0 Å². The Hall–Kier alpha value is -3.12. The maximum atomic E-state index is 11.9. The van der Waals surface area contributed by atoms with Crippen molar-refractivity contribution in [2.45, 2.75) is 65.2 Å². The van der Waals surface area contributed by atoms with Gasteiger partial charge in [0.05, 0.1) is 19.8 Å². The molecule has 6 heteroatoms. The minimum absolute atomic E-state index is 0.272. The van der Waals surface area contributed by atoms with Crippen LogP contribution in [0.5, 0.6) is 5.75 Å². The van der Waals surface area contributed by atoms with Crippen LogP contribution in [0.4, 0.5) is 0 Å². The Bertz CT molecular complexity index is 997. The maximum Gasteiger partial charge on any atom is 0.333 e. The molecule has 0 saturated carbocycles. The SMILES string of the molecule is C=C(C)C(=O)OCCc1cc(CCCCCCC)ccc1-c1ccc(OCCOC)c(CCOC=O)c1. The van der Waals surface area contributed by atoms with Gasteiger partial charge in [-0.2, -0.15) is 0 Å².